The minimum atomic E-state index is -0.900. The summed E-state index contributed by atoms with van der Waals surface area (Å²) >= 11 is 1.12. The molecule has 5 fully saturated rings. The lowest BCUT2D eigenvalue weighted by atomic mass is 9.32. The van der Waals surface area contributed by atoms with Gasteiger partial charge in [-0.2, -0.15) is 0 Å². The molecule has 10 atom stereocenters. The largest absolute Gasteiger partial charge is 0.481 e. The van der Waals surface area contributed by atoms with E-state index in [1.807, 2.05) is 0 Å². The third-order valence-corrected chi connectivity index (χ3v) is 15.1. The second-order valence-electron chi connectivity index (χ2n) is 16.0. The van der Waals surface area contributed by atoms with Gasteiger partial charge >= 0.3 is 11.9 Å². The zero-order chi connectivity index (χ0) is 29.3. The number of thioether (sulfide) groups is 1. The predicted molar refractivity (Wildman–Crippen MR) is 161 cm³/mol. The van der Waals surface area contributed by atoms with Crippen molar-refractivity contribution in [3.05, 3.63) is 12.2 Å². The van der Waals surface area contributed by atoms with Crippen molar-refractivity contribution in [1.82, 2.24) is 0 Å². The number of ether oxygens (including phenoxy) is 1. The molecule has 0 heterocycles. The molecular weight excluding hydrogens is 520 g/mol. The molecule has 226 valence electrons. The number of carbonyl (C=O) groups is 2. The van der Waals surface area contributed by atoms with Crippen LogP contribution < -0.4 is 0 Å². The van der Waals surface area contributed by atoms with Crippen molar-refractivity contribution < 1.29 is 24.5 Å². The number of aliphatic hydroxyl groups excluding tert-OH is 1. The topological polar surface area (TPSA) is 83.8 Å². The van der Waals surface area contributed by atoms with E-state index in [-0.39, 0.29) is 50.7 Å². The van der Waals surface area contributed by atoms with E-state index < -0.39 is 5.97 Å². The van der Waals surface area contributed by atoms with Gasteiger partial charge in [0, 0.05) is 5.41 Å². The summed E-state index contributed by atoms with van der Waals surface area (Å²) < 4.78 is 5.95. The molecule has 0 spiro atoms. The number of hydrogen-bond acceptors (Lipinski definition) is 5. The smallest absolute Gasteiger partial charge is 0.315 e. The van der Waals surface area contributed by atoms with E-state index in [0.717, 1.165) is 43.9 Å². The number of fused-ring (bicyclic) bond motifs is 7. The molecule has 40 heavy (non-hydrogen) atoms. The van der Waals surface area contributed by atoms with Crippen LogP contribution in [0.1, 0.15) is 106 Å². The Morgan fingerprint density at radius 2 is 1.60 bits per heavy atom. The standard InChI is InChI=1S/C34H54O5S/c1-21(2)22-10-15-34(20-39-28(38)19-40-18-27(36)37)17-16-32(6)23(29(22)34)8-9-25-31(5)13-12-26(35)30(3,4)24(31)11-14-33(25,32)7/h22-26,29,35H,1,8-20H2,2-7H3,(H,36,37)/t22-,23+,24-,25+,26-,29+,31-,32+,33+,34+/m0/s1. The van der Waals surface area contributed by atoms with Crippen molar-refractivity contribution in [2.45, 2.75) is 112 Å². The van der Waals surface area contributed by atoms with Crippen molar-refractivity contribution >= 4 is 23.7 Å². The van der Waals surface area contributed by atoms with Crippen LogP contribution in [0.15, 0.2) is 12.2 Å². The summed E-state index contributed by atoms with van der Waals surface area (Å²) in [7, 11) is 0. The molecular formula is C34H54O5S. The van der Waals surface area contributed by atoms with Crippen LogP contribution in [-0.2, 0) is 14.3 Å². The molecule has 5 aliphatic carbocycles. The molecule has 5 saturated carbocycles. The number of carbonyl (C=O) groups excluding carboxylic acids is 1. The highest BCUT2D eigenvalue weighted by Crippen LogP contribution is 2.77. The number of aliphatic carboxylic acids is 1. The number of hydrogen-bond donors (Lipinski definition) is 2. The van der Waals surface area contributed by atoms with Gasteiger partial charge in [-0.3, -0.25) is 9.59 Å². The maximum absolute atomic E-state index is 12.6. The Hall–Kier alpha value is -1.01. The second-order valence-corrected chi connectivity index (χ2v) is 17.0. The molecule has 2 N–H and O–H groups in total. The first kappa shape index (κ1) is 30.4. The molecule has 5 aliphatic rings. The second kappa shape index (κ2) is 10.3. The fourth-order valence-electron chi connectivity index (χ4n) is 12.0. The van der Waals surface area contributed by atoms with E-state index in [4.69, 9.17) is 9.84 Å². The number of aliphatic hydroxyl groups is 1. The zero-order valence-corrected chi connectivity index (χ0v) is 26.7. The average molecular weight is 575 g/mol. The Morgan fingerprint density at radius 1 is 0.875 bits per heavy atom. The van der Waals surface area contributed by atoms with Crippen LogP contribution in [-0.4, -0.2) is 46.4 Å². The van der Waals surface area contributed by atoms with Crippen LogP contribution in [0.4, 0.5) is 0 Å². The van der Waals surface area contributed by atoms with Gasteiger partial charge in [0.15, 0.2) is 0 Å². The molecule has 0 saturated heterocycles. The van der Waals surface area contributed by atoms with Gasteiger partial charge in [-0.1, -0.05) is 46.8 Å². The summed E-state index contributed by atoms with van der Waals surface area (Å²) in [6.45, 7) is 19.6. The molecule has 0 aliphatic heterocycles. The van der Waals surface area contributed by atoms with Crippen molar-refractivity contribution in [1.29, 1.82) is 0 Å². The number of rotatable bonds is 7. The van der Waals surface area contributed by atoms with Crippen LogP contribution in [0.5, 0.6) is 0 Å². The molecule has 0 aromatic carbocycles. The summed E-state index contributed by atoms with van der Waals surface area (Å²) in [6.07, 6.45) is 11.3. The highest BCUT2D eigenvalue weighted by atomic mass is 32.2. The molecule has 6 heteroatoms. The highest BCUT2D eigenvalue weighted by Gasteiger charge is 2.71. The Morgan fingerprint density at radius 3 is 2.27 bits per heavy atom. The van der Waals surface area contributed by atoms with Crippen LogP contribution in [0, 0.1) is 56.7 Å². The molecule has 0 unspecified atom stereocenters. The average Bonchev–Trinajstić information content (AvgIpc) is 3.26. The van der Waals surface area contributed by atoms with E-state index in [2.05, 4.69) is 48.1 Å². The molecule has 0 bridgehead atoms. The number of carboxylic acid groups (broad SMARTS) is 1. The third kappa shape index (κ3) is 4.43. The first-order valence-corrected chi connectivity index (χ1v) is 17.1. The third-order valence-electron chi connectivity index (χ3n) is 14.2. The summed E-state index contributed by atoms with van der Waals surface area (Å²) in [5, 5.41) is 19.9. The quantitative estimate of drug-likeness (QED) is 0.244. The summed E-state index contributed by atoms with van der Waals surface area (Å²) in [5.74, 6) is 1.63. The van der Waals surface area contributed by atoms with Crippen molar-refractivity contribution in [2.24, 2.45) is 56.7 Å². The van der Waals surface area contributed by atoms with Crippen molar-refractivity contribution in [3.8, 4) is 0 Å². The predicted octanol–water partition coefficient (Wildman–Crippen LogP) is 7.37. The SMILES string of the molecule is C=C(C)[C@@H]1CC[C@]2(COC(=O)CSCC(=O)O)CC[C@]3(C)[C@H](CC[C@@H]4[C@@]5(C)CC[C@H](O)C(C)(C)[C@@H]5CC[C@]43C)[C@@H]12. The summed E-state index contributed by atoms with van der Waals surface area (Å²) in [6, 6.07) is 0. The van der Waals surface area contributed by atoms with E-state index in [0.29, 0.717) is 36.2 Å². The Bertz CT molecular complexity index is 1040. The summed E-state index contributed by atoms with van der Waals surface area (Å²) in [4.78, 5) is 23.5. The monoisotopic (exact) mass is 574 g/mol. The first-order chi connectivity index (χ1) is 18.6. The van der Waals surface area contributed by atoms with Gasteiger partial charge in [0.2, 0.25) is 0 Å². The maximum atomic E-state index is 12.6. The van der Waals surface area contributed by atoms with Gasteiger partial charge in [-0.25, -0.2) is 0 Å². The number of carboxylic acids is 1. The molecule has 5 nitrogen and oxygen atoms in total. The fourth-order valence-corrected chi connectivity index (χ4v) is 12.5. The normalized spacial score (nSPS) is 47.3. The van der Waals surface area contributed by atoms with Crippen molar-refractivity contribution in [3.63, 3.8) is 0 Å². The number of esters is 1. The lowest BCUT2D eigenvalue weighted by Gasteiger charge is -2.73. The van der Waals surface area contributed by atoms with Crippen LogP contribution in [0.3, 0.4) is 0 Å². The minimum absolute atomic E-state index is 0.00214. The van der Waals surface area contributed by atoms with Gasteiger partial charge in [0.1, 0.15) is 0 Å². The van der Waals surface area contributed by atoms with Gasteiger partial charge in [-0.05, 0) is 122 Å². The van der Waals surface area contributed by atoms with E-state index >= 15 is 0 Å². The molecule has 0 aromatic rings. The Labute approximate surface area is 246 Å². The van der Waals surface area contributed by atoms with Crippen LogP contribution in [0.2, 0.25) is 0 Å². The van der Waals surface area contributed by atoms with Gasteiger partial charge in [-0.15, -0.1) is 11.8 Å². The molecule has 0 radical (unpaired) electrons. The lowest BCUT2D eigenvalue weighted by molar-refractivity contribution is -0.249. The van der Waals surface area contributed by atoms with Crippen molar-refractivity contribution in [2.75, 3.05) is 18.1 Å². The number of allylic oxidation sites excluding steroid dienone is 1. The Kier molecular flexibility index (Phi) is 7.85. The molecule has 0 aromatic heterocycles. The Balaban J connectivity index is 1.42. The maximum Gasteiger partial charge on any atom is 0.315 e. The van der Waals surface area contributed by atoms with E-state index in [1.165, 1.54) is 37.7 Å². The lowest BCUT2D eigenvalue weighted by Crippen LogP contribution is -2.66. The zero-order valence-electron chi connectivity index (χ0n) is 25.9. The first-order valence-electron chi connectivity index (χ1n) is 15.9. The van der Waals surface area contributed by atoms with E-state index in [1.54, 1.807) is 0 Å². The van der Waals surface area contributed by atoms with E-state index in [9.17, 15) is 14.7 Å². The van der Waals surface area contributed by atoms with Gasteiger partial charge in [0.25, 0.3) is 0 Å². The fraction of sp³-hybridized carbons (Fsp3) is 0.882. The van der Waals surface area contributed by atoms with Gasteiger partial charge < -0.3 is 14.9 Å². The van der Waals surface area contributed by atoms with Crippen LogP contribution >= 0.6 is 11.8 Å². The molecule has 0 amide bonds. The molecule has 5 rings (SSSR count). The van der Waals surface area contributed by atoms with Gasteiger partial charge in [0.05, 0.1) is 24.2 Å². The highest BCUT2D eigenvalue weighted by molar-refractivity contribution is 8.00. The van der Waals surface area contributed by atoms with Crippen LogP contribution in [0.25, 0.3) is 0 Å². The summed E-state index contributed by atoms with van der Waals surface area (Å²) in [5.41, 5.74) is 2.02. The minimum Gasteiger partial charge on any atom is -0.481 e.